The Kier molecular flexibility index (Phi) is 4.03. The highest BCUT2D eigenvalue weighted by Gasteiger charge is 2.15. The fourth-order valence-electron chi connectivity index (χ4n) is 3.13. The maximum atomic E-state index is 4.75. The summed E-state index contributed by atoms with van der Waals surface area (Å²) in [5.41, 5.74) is 3.48. The predicted octanol–water partition coefficient (Wildman–Crippen LogP) is 2.07. The van der Waals surface area contributed by atoms with Crippen LogP contribution in [0.25, 0.3) is 5.65 Å². The highest BCUT2D eigenvalue weighted by atomic mass is 15.1. The van der Waals surface area contributed by atoms with Crippen LogP contribution in [0.1, 0.15) is 24.1 Å². The zero-order valence-corrected chi connectivity index (χ0v) is 12.5. The molecule has 0 saturated carbocycles. The molecule has 3 heterocycles. The highest BCUT2D eigenvalue weighted by molar-refractivity contribution is 5.47. The Morgan fingerprint density at radius 1 is 1.40 bits per heavy atom. The molecule has 1 saturated heterocycles. The van der Waals surface area contributed by atoms with E-state index < -0.39 is 0 Å². The van der Waals surface area contributed by atoms with E-state index in [-0.39, 0.29) is 0 Å². The molecule has 4 nitrogen and oxygen atoms in total. The number of nitrogens with one attached hydrogen (secondary N) is 1. The summed E-state index contributed by atoms with van der Waals surface area (Å²) in [7, 11) is 2.21. The third-order valence-corrected chi connectivity index (χ3v) is 4.19. The lowest BCUT2D eigenvalue weighted by molar-refractivity contribution is 0.233. The number of fused-ring (bicyclic) bond motifs is 1. The molecule has 20 heavy (non-hydrogen) atoms. The largest absolute Gasteiger partial charge is 0.317 e. The van der Waals surface area contributed by atoms with Crippen molar-refractivity contribution < 1.29 is 0 Å². The topological polar surface area (TPSA) is 32.6 Å². The Balaban J connectivity index is 1.64. The Bertz CT molecular complexity index is 569. The van der Waals surface area contributed by atoms with Crippen molar-refractivity contribution in [2.75, 3.05) is 26.7 Å². The Hall–Kier alpha value is -1.39. The molecule has 0 bridgehead atoms. The smallest absolute Gasteiger partial charge is 0.139 e. The van der Waals surface area contributed by atoms with Gasteiger partial charge in [-0.05, 0) is 57.5 Å². The minimum Gasteiger partial charge on any atom is -0.317 e. The minimum absolute atomic E-state index is 0.833. The van der Waals surface area contributed by atoms with Crippen LogP contribution in [0, 0.1) is 12.8 Å². The zero-order valence-electron chi connectivity index (χ0n) is 12.5. The molecule has 1 aliphatic rings. The summed E-state index contributed by atoms with van der Waals surface area (Å²) < 4.78 is 2.13. The van der Waals surface area contributed by atoms with Gasteiger partial charge in [0.25, 0.3) is 0 Å². The Morgan fingerprint density at radius 2 is 2.20 bits per heavy atom. The van der Waals surface area contributed by atoms with Gasteiger partial charge in [0, 0.05) is 25.5 Å². The number of rotatable bonds is 4. The van der Waals surface area contributed by atoms with E-state index in [2.05, 4.69) is 53.1 Å². The van der Waals surface area contributed by atoms with Crippen molar-refractivity contribution in [1.82, 2.24) is 19.6 Å². The van der Waals surface area contributed by atoms with E-state index in [0.29, 0.717) is 0 Å². The van der Waals surface area contributed by atoms with Crippen molar-refractivity contribution in [2.45, 2.75) is 26.3 Å². The summed E-state index contributed by atoms with van der Waals surface area (Å²) >= 11 is 0. The average molecular weight is 272 g/mol. The summed E-state index contributed by atoms with van der Waals surface area (Å²) in [6.45, 7) is 6.57. The predicted molar refractivity (Wildman–Crippen MR) is 81.9 cm³/mol. The molecule has 0 unspecified atom stereocenters. The third kappa shape index (κ3) is 3.02. The number of piperidine rings is 1. The van der Waals surface area contributed by atoms with Crippen molar-refractivity contribution in [3.05, 3.63) is 35.8 Å². The monoisotopic (exact) mass is 272 g/mol. The molecule has 1 aliphatic heterocycles. The van der Waals surface area contributed by atoms with Crippen molar-refractivity contribution in [2.24, 2.45) is 5.92 Å². The van der Waals surface area contributed by atoms with Crippen LogP contribution in [0.2, 0.25) is 0 Å². The zero-order chi connectivity index (χ0) is 13.9. The first-order valence-electron chi connectivity index (χ1n) is 7.55. The van der Waals surface area contributed by atoms with E-state index in [1.807, 2.05) is 0 Å². The molecule has 0 radical (unpaired) electrons. The highest BCUT2D eigenvalue weighted by Crippen LogP contribution is 2.15. The van der Waals surface area contributed by atoms with Gasteiger partial charge in [-0.1, -0.05) is 6.07 Å². The molecule has 2 aromatic rings. The van der Waals surface area contributed by atoms with Gasteiger partial charge in [0.1, 0.15) is 5.65 Å². The molecule has 0 spiro atoms. The second-order valence-corrected chi connectivity index (χ2v) is 6.04. The Labute approximate surface area is 120 Å². The lowest BCUT2D eigenvalue weighted by Crippen LogP contribution is -2.34. The van der Waals surface area contributed by atoms with Crippen molar-refractivity contribution in [3.63, 3.8) is 0 Å². The van der Waals surface area contributed by atoms with Crippen LogP contribution in [-0.2, 0) is 6.54 Å². The molecule has 2 aromatic heterocycles. The first-order chi connectivity index (χ1) is 9.72. The van der Waals surface area contributed by atoms with Gasteiger partial charge in [0.15, 0.2) is 0 Å². The van der Waals surface area contributed by atoms with Crippen LogP contribution in [0.15, 0.2) is 24.5 Å². The molecule has 1 fully saturated rings. The first-order valence-corrected chi connectivity index (χ1v) is 7.55. The maximum Gasteiger partial charge on any atom is 0.139 e. The van der Waals surface area contributed by atoms with Gasteiger partial charge in [-0.25, -0.2) is 4.98 Å². The van der Waals surface area contributed by atoms with Crippen molar-refractivity contribution in [1.29, 1.82) is 0 Å². The number of nitrogens with zero attached hydrogens (tertiary/aromatic N) is 3. The second kappa shape index (κ2) is 5.94. The number of aryl methyl sites for hydroxylation is 1. The third-order valence-electron chi connectivity index (χ3n) is 4.19. The summed E-state index contributed by atoms with van der Waals surface area (Å²) in [5.74, 6) is 0.833. The number of aromatic nitrogens is 2. The van der Waals surface area contributed by atoms with Gasteiger partial charge in [0.2, 0.25) is 0 Å². The van der Waals surface area contributed by atoms with Crippen LogP contribution in [0.4, 0.5) is 0 Å². The maximum absolute atomic E-state index is 4.75. The molecule has 0 aromatic carbocycles. The minimum atomic E-state index is 0.833. The molecule has 108 valence electrons. The SMILES string of the molecule is Cc1cccn2cc(CN(C)CC3CCNCC3)nc12. The average Bonchev–Trinajstić information content (AvgIpc) is 2.83. The molecule has 4 heteroatoms. The Morgan fingerprint density at radius 3 is 2.95 bits per heavy atom. The fourth-order valence-corrected chi connectivity index (χ4v) is 3.13. The first kappa shape index (κ1) is 13.6. The van der Waals surface area contributed by atoms with Crippen molar-refractivity contribution >= 4 is 5.65 Å². The van der Waals surface area contributed by atoms with E-state index >= 15 is 0 Å². The van der Waals surface area contributed by atoms with E-state index in [4.69, 9.17) is 4.98 Å². The molecular weight excluding hydrogens is 248 g/mol. The molecule has 0 amide bonds. The molecular formula is C16H24N4. The van der Waals surface area contributed by atoms with Gasteiger partial charge >= 0.3 is 0 Å². The van der Waals surface area contributed by atoms with Crippen LogP contribution < -0.4 is 5.32 Å². The van der Waals surface area contributed by atoms with E-state index in [1.54, 1.807) is 0 Å². The number of hydrogen-bond donors (Lipinski definition) is 1. The quantitative estimate of drug-likeness (QED) is 0.925. The fraction of sp³-hybridized carbons (Fsp3) is 0.562. The van der Waals surface area contributed by atoms with Gasteiger partial charge in [-0.15, -0.1) is 0 Å². The van der Waals surface area contributed by atoms with E-state index in [1.165, 1.54) is 38.0 Å². The van der Waals surface area contributed by atoms with Crippen molar-refractivity contribution in [3.8, 4) is 0 Å². The van der Waals surface area contributed by atoms with E-state index in [9.17, 15) is 0 Å². The molecule has 1 N–H and O–H groups in total. The van der Waals surface area contributed by atoms with Gasteiger partial charge in [0.05, 0.1) is 5.69 Å². The molecule has 3 rings (SSSR count). The van der Waals surface area contributed by atoms with E-state index in [0.717, 1.165) is 23.8 Å². The van der Waals surface area contributed by atoms with Crippen LogP contribution in [-0.4, -0.2) is 41.0 Å². The van der Waals surface area contributed by atoms with Crippen LogP contribution >= 0.6 is 0 Å². The van der Waals surface area contributed by atoms with Gasteiger partial charge < -0.3 is 14.6 Å². The number of hydrogen-bond acceptors (Lipinski definition) is 3. The van der Waals surface area contributed by atoms with Crippen LogP contribution in [0.5, 0.6) is 0 Å². The summed E-state index contributed by atoms with van der Waals surface area (Å²) in [6.07, 6.45) is 6.83. The lowest BCUT2D eigenvalue weighted by Gasteiger charge is -2.27. The second-order valence-electron chi connectivity index (χ2n) is 6.04. The van der Waals surface area contributed by atoms with Crippen LogP contribution in [0.3, 0.4) is 0 Å². The summed E-state index contributed by atoms with van der Waals surface area (Å²) in [4.78, 5) is 7.16. The summed E-state index contributed by atoms with van der Waals surface area (Å²) in [5, 5.41) is 3.43. The normalized spacial score (nSPS) is 17.1. The number of pyridine rings is 1. The summed E-state index contributed by atoms with van der Waals surface area (Å²) in [6, 6.07) is 4.19. The van der Waals surface area contributed by atoms with Gasteiger partial charge in [-0.3, -0.25) is 0 Å². The molecule has 0 aliphatic carbocycles. The number of imidazole rings is 1. The lowest BCUT2D eigenvalue weighted by atomic mass is 9.98. The van der Waals surface area contributed by atoms with Gasteiger partial charge in [-0.2, -0.15) is 0 Å². The molecule has 0 atom stereocenters. The standard InChI is InChI=1S/C16H24N4/c1-13-4-3-9-20-12-15(18-16(13)20)11-19(2)10-14-5-7-17-8-6-14/h3-4,9,12,14,17H,5-8,10-11H2,1-2H3.